The zero-order chi connectivity index (χ0) is 31.6. The zero-order valence-corrected chi connectivity index (χ0v) is 26.2. The summed E-state index contributed by atoms with van der Waals surface area (Å²) in [6.07, 6.45) is 2.63. The van der Waals surface area contributed by atoms with Gasteiger partial charge in [0.1, 0.15) is 11.8 Å². The van der Waals surface area contributed by atoms with Gasteiger partial charge < -0.3 is 15.0 Å². The number of hydrogen-bond donors (Lipinski definition) is 2. The highest BCUT2D eigenvalue weighted by molar-refractivity contribution is 7.89. The van der Waals surface area contributed by atoms with Gasteiger partial charge >= 0.3 is 0 Å². The minimum absolute atomic E-state index is 0.0257. The molecule has 9 heteroatoms. The van der Waals surface area contributed by atoms with E-state index in [1.165, 1.54) is 0 Å². The largest absolute Gasteiger partial charge is 0.497 e. The number of sulfonamides is 1. The topological polar surface area (TPSA) is 105 Å². The van der Waals surface area contributed by atoms with Gasteiger partial charge in [0.2, 0.25) is 21.8 Å². The lowest BCUT2D eigenvalue weighted by Gasteiger charge is -2.32. The van der Waals surface area contributed by atoms with Crippen LogP contribution in [0.4, 0.5) is 0 Å². The Morgan fingerprint density at radius 3 is 2.00 bits per heavy atom. The molecule has 0 aliphatic heterocycles. The molecule has 0 radical (unpaired) electrons. The van der Waals surface area contributed by atoms with E-state index in [-0.39, 0.29) is 35.7 Å². The van der Waals surface area contributed by atoms with Crippen molar-refractivity contribution in [1.82, 2.24) is 14.9 Å². The Labute approximate surface area is 265 Å². The third-order valence-electron chi connectivity index (χ3n) is 7.85. The van der Waals surface area contributed by atoms with Crippen molar-refractivity contribution in [2.75, 3.05) is 7.11 Å². The number of amides is 2. The van der Waals surface area contributed by atoms with Gasteiger partial charge in [-0.1, -0.05) is 84.9 Å². The van der Waals surface area contributed by atoms with E-state index in [9.17, 15) is 18.0 Å². The Kier molecular flexibility index (Phi) is 10.7. The van der Waals surface area contributed by atoms with Crippen LogP contribution in [0.3, 0.4) is 0 Å². The molecular weight excluding hydrogens is 586 g/mol. The molecule has 1 atom stereocenters. The van der Waals surface area contributed by atoms with Crippen molar-refractivity contribution in [2.45, 2.75) is 62.2 Å². The van der Waals surface area contributed by atoms with Crippen molar-refractivity contribution >= 4 is 21.8 Å². The molecule has 0 heterocycles. The second-order valence-electron chi connectivity index (χ2n) is 11.3. The second kappa shape index (κ2) is 15.0. The van der Waals surface area contributed by atoms with Crippen LogP contribution >= 0.6 is 0 Å². The number of aryl methyl sites for hydroxylation is 1. The quantitative estimate of drug-likeness (QED) is 0.193. The van der Waals surface area contributed by atoms with Gasteiger partial charge in [-0.2, -0.15) is 0 Å². The SMILES string of the molecule is COc1ccc(CN(C(=O)CCc2ccc(S(=O)(=O)NC3CC3)cc2)C(Cc2ccccc2)C(=O)NCc2ccccc2)cc1. The molecule has 234 valence electrons. The van der Waals surface area contributed by atoms with Crippen LogP contribution in [0, 0.1) is 0 Å². The van der Waals surface area contributed by atoms with Crippen LogP contribution in [0.1, 0.15) is 41.5 Å². The van der Waals surface area contributed by atoms with E-state index < -0.39 is 16.1 Å². The van der Waals surface area contributed by atoms with Crippen molar-refractivity contribution in [1.29, 1.82) is 0 Å². The maximum atomic E-state index is 14.0. The van der Waals surface area contributed by atoms with Crippen LogP contribution < -0.4 is 14.8 Å². The number of carbonyl (C=O) groups excluding carboxylic acids is 2. The van der Waals surface area contributed by atoms with Crippen LogP contribution in [0.25, 0.3) is 0 Å². The van der Waals surface area contributed by atoms with Crippen molar-refractivity contribution in [3.8, 4) is 5.75 Å². The summed E-state index contributed by atoms with van der Waals surface area (Å²) in [5.41, 5.74) is 3.62. The molecule has 1 unspecified atom stereocenters. The van der Waals surface area contributed by atoms with Crippen LogP contribution in [0.2, 0.25) is 0 Å². The standard InChI is InChI=1S/C36H39N3O5S/c1-44-32-19-12-30(13-20-32)26-39(35(40)23-16-27-14-21-33(22-15-27)45(42,43)38-31-17-18-31)34(24-28-8-4-2-5-9-28)36(41)37-25-29-10-6-3-7-11-29/h2-15,19-22,31,34,38H,16-18,23-26H2,1H3,(H,37,41). The first kappa shape index (κ1) is 31.9. The second-order valence-corrected chi connectivity index (χ2v) is 13.0. The molecule has 2 amide bonds. The number of nitrogens with one attached hydrogen (secondary N) is 2. The Bertz CT molecular complexity index is 1660. The normalized spacial score (nSPS) is 13.5. The van der Waals surface area contributed by atoms with Crippen molar-refractivity contribution in [3.05, 3.63) is 131 Å². The van der Waals surface area contributed by atoms with Gasteiger partial charge in [-0.15, -0.1) is 0 Å². The van der Waals surface area contributed by atoms with Gasteiger partial charge in [0.25, 0.3) is 0 Å². The van der Waals surface area contributed by atoms with Gasteiger partial charge in [0.05, 0.1) is 12.0 Å². The molecule has 2 N–H and O–H groups in total. The predicted octanol–water partition coefficient (Wildman–Crippen LogP) is 5.03. The van der Waals surface area contributed by atoms with E-state index in [2.05, 4.69) is 10.0 Å². The zero-order valence-electron chi connectivity index (χ0n) is 25.4. The molecule has 45 heavy (non-hydrogen) atoms. The molecule has 0 bridgehead atoms. The van der Waals surface area contributed by atoms with Gasteiger partial charge in [0, 0.05) is 32.0 Å². The van der Waals surface area contributed by atoms with Crippen molar-refractivity contribution in [3.63, 3.8) is 0 Å². The lowest BCUT2D eigenvalue weighted by Crippen LogP contribution is -2.50. The lowest BCUT2D eigenvalue weighted by atomic mass is 10.0. The number of rotatable bonds is 15. The molecule has 1 aliphatic carbocycles. The fourth-order valence-corrected chi connectivity index (χ4v) is 6.41. The smallest absolute Gasteiger partial charge is 0.243 e. The van der Waals surface area contributed by atoms with Crippen LogP contribution in [-0.2, 0) is 45.5 Å². The maximum Gasteiger partial charge on any atom is 0.243 e. The van der Waals surface area contributed by atoms with Crippen LogP contribution in [0.15, 0.2) is 114 Å². The minimum Gasteiger partial charge on any atom is -0.497 e. The highest BCUT2D eigenvalue weighted by Gasteiger charge is 2.31. The van der Waals surface area contributed by atoms with Gasteiger partial charge in [-0.05, 0) is 65.8 Å². The highest BCUT2D eigenvalue weighted by atomic mass is 32.2. The fraction of sp³-hybridized carbons (Fsp3) is 0.278. The van der Waals surface area contributed by atoms with Gasteiger partial charge in [-0.25, -0.2) is 13.1 Å². The molecule has 1 aliphatic rings. The Morgan fingerprint density at radius 1 is 0.800 bits per heavy atom. The highest BCUT2D eigenvalue weighted by Crippen LogP contribution is 2.23. The molecular formula is C36H39N3O5S. The number of hydrogen-bond acceptors (Lipinski definition) is 5. The Morgan fingerprint density at radius 2 is 1.40 bits per heavy atom. The summed E-state index contributed by atoms with van der Waals surface area (Å²) in [4.78, 5) is 29.8. The summed E-state index contributed by atoms with van der Waals surface area (Å²) in [7, 11) is -1.95. The van der Waals surface area contributed by atoms with E-state index in [4.69, 9.17) is 4.74 Å². The maximum absolute atomic E-state index is 14.0. The summed E-state index contributed by atoms with van der Waals surface area (Å²) in [6, 6.07) is 32.8. The number of carbonyl (C=O) groups is 2. The average Bonchev–Trinajstić information content (AvgIpc) is 3.89. The monoisotopic (exact) mass is 625 g/mol. The molecule has 8 nitrogen and oxygen atoms in total. The Balaban J connectivity index is 1.36. The summed E-state index contributed by atoms with van der Waals surface area (Å²) in [5, 5.41) is 3.05. The predicted molar refractivity (Wildman–Crippen MR) is 174 cm³/mol. The lowest BCUT2D eigenvalue weighted by molar-refractivity contribution is -0.141. The molecule has 0 spiro atoms. The Hall–Kier alpha value is -4.47. The van der Waals surface area contributed by atoms with Crippen molar-refractivity contribution in [2.24, 2.45) is 0 Å². The third-order valence-corrected chi connectivity index (χ3v) is 9.39. The van der Waals surface area contributed by atoms with E-state index in [1.807, 2.05) is 84.9 Å². The summed E-state index contributed by atoms with van der Waals surface area (Å²) < 4.78 is 33.2. The van der Waals surface area contributed by atoms with E-state index in [0.29, 0.717) is 25.1 Å². The van der Waals surface area contributed by atoms with E-state index in [0.717, 1.165) is 35.1 Å². The summed E-state index contributed by atoms with van der Waals surface area (Å²) in [5.74, 6) is 0.298. The number of methoxy groups -OCH3 is 1. The number of nitrogens with zero attached hydrogens (tertiary/aromatic N) is 1. The molecule has 0 saturated heterocycles. The summed E-state index contributed by atoms with van der Waals surface area (Å²) in [6.45, 7) is 0.587. The average molecular weight is 626 g/mol. The molecule has 0 aromatic heterocycles. The number of ether oxygens (including phenoxy) is 1. The molecule has 4 aromatic rings. The first-order valence-corrected chi connectivity index (χ1v) is 16.7. The van der Waals surface area contributed by atoms with Gasteiger partial charge in [0.15, 0.2) is 0 Å². The van der Waals surface area contributed by atoms with E-state index in [1.54, 1.807) is 36.3 Å². The first-order chi connectivity index (χ1) is 21.8. The van der Waals surface area contributed by atoms with E-state index >= 15 is 0 Å². The fourth-order valence-electron chi connectivity index (χ4n) is 5.10. The third kappa shape index (κ3) is 9.26. The molecule has 1 fully saturated rings. The van der Waals surface area contributed by atoms with Crippen LogP contribution in [-0.4, -0.2) is 44.3 Å². The molecule has 1 saturated carbocycles. The minimum atomic E-state index is -3.55. The van der Waals surface area contributed by atoms with Crippen LogP contribution in [0.5, 0.6) is 5.75 Å². The summed E-state index contributed by atoms with van der Waals surface area (Å²) >= 11 is 0. The molecule has 4 aromatic carbocycles. The number of benzene rings is 4. The van der Waals surface area contributed by atoms with Crippen molar-refractivity contribution < 1.29 is 22.7 Å². The first-order valence-electron chi connectivity index (χ1n) is 15.2. The molecule has 5 rings (SSSR count). The van der Waals surface area contributed by atoms with Gasteiger partial charge in [-0.3, -0.25) is 9.59 Å².